The molecule has 0 fully saturated rings. The van der Waals surface area contributed by atoms with Crippen LogP contribution >= 0.6 is 27.5 Å². The van der Waals surface area contributed by atoms with Gasteiger partial charge in [-0.3, -0.25) is 4.79 Å². The number of nitrogens with one attached hydrogen (secondary N) is 1. The number of rotatable bonds is 7. The fourth-order valence-electron chi connectivity index (χ4n) is 2.81. The van der Waals surface area contributed by atoms with Crippen LogP contribution in [0.15, 0.2) is 70.7 Å². The maximum atomic E-state index is 12.5. The molecule has 0 bridgehead atoms. The summed E-state index contributed by atoms with van der Waals surface area (Å²) in [6.45, 7) is 2.41. The molecule has 0 saturated carbocycles. The van der Waals surface area contributed by atoms with Crippen LogP contribution in [-0.2, 0) is 11.4 Å². The monoisotopic (exact) mass is 510 g/mol. The Labute approximate surface area is 200 Å². The molecule has 0 aliphatic heterocycles. The number of nitriles is 1. The van der Waals surface area contributed by atoms with Gasteiger partial charge in [0, 0.05) is 15.2 Å². The Morgan fingerprint density at radius 2 is 1.81 bits per heavy atom. The van der Waals surface area contributed by atoms with E-state index >= 15 is 0 Å². The zero-order valence-electron chi connectivity index (χ0n) is 17.5. The molecule has 5 nitrogen and oxygen atoms in total. The second-order valence-electron chi connectivity index (χ2n) is 6.93. The number of carbonyl (C=O) groups excluding carboxylic acids is 1. The number of ether oxygens (including phenoxy) is 2. The largest absolute Gasteiger partial charge is 0.493 e. The van der Waals surface area contributed by atoms with E-state index in [2.05, 4.69) is 21.2 Å². The second kappa shape index (κ2) is 10.9. The molecule has 0 unspecified atom stereocenters. The summed E-state index contributed by atoms with van der Waals surface area (Å²) in [6.07, 6.45) is 1.49. The molecule has 0 aliphatic carbocycles. The predicted molar refractivity (Wildman–Crippen MR) is 130 cm³/mol. The third-order valence-electron chi connectivity index (χ3n) is 4.56. The third-order valence-corrected chi connectivity index (χ3v) is 5.50. The van der Waals surface area contributed by atoms with Gasteiger partial charge >= 0.3 is 0 Å². The van der Waals surface area contributed by atoms with Gasteiger partial charge in [-0.15, -0.1) is 0 Å². The summed E-state index contributed by atoms with van der Waals surface area (Å²) in [4.78, 5) is 12.5. The second-order valence-corrected chi connectivity index (χ2v) is 8.22. The van der Waals surface area contributed by atoms with Crippen molar-refractivity contribution < 1.29 is 14.3 Å². The van der Waals surface area contributed by atoms with Crippen molar-refractivity contribution in [2.24, 2.45) is 0 Å². The van der Waals surface area contributed by atoms with Gasteiger partial charge in [-0.25, -0.2) is 0 Å². The molecule has 0 heterocycles. The molecule has 0 saturated heterocycles. The van der Waals surface area contributed by atoms with Gasteiger partial charge in [0.1, 0.15) is 18.2 Å². The Morgan fingerprint density at radius 1 is 1.12 bits per heavy atom. The number of hydrogen-bond acceptors (Lipinski definition) is 4. The molecule has 32 heavy (non-hydrogen) atoms. The summed E-state index contributed by atoms with van der Waals surface area (Å²) in [6, 6.07) is 20.1. The first-order valence-electron chi connectivity index (χ1n) is 9.64. The van der Waals surface area contributed by atoms with Crippen molar-refractivity contribution in [3.05, 3.63) is 92.4 Å². The molecule has 3 rings (SSSR count). The lowest BCUT2D eigenvalue weighted by molar-refractivity contribution is -0.112. The van der Waals surface area contributed by atoms with Gasteiger partial charge in [-0.1, -0.05) is 57.4 Å². The molecule has 0 radical (unpaired) electrons. The van der Waals surface area contributed by atoms with E-state index in [-0.39, 0.29) is 5.57 Å². The van der Waals surface area contributed by atoms with Crippen LogP contribution in [0.5, 0.6) is 11.5 Å². The lowest BCUT2D eigenvalue weighted by atomic mass is 10.1. The molecule has 3 aromatic rings. The number of carbonyl (C=O) groups is 1. The first-order valence-corrected chi connectivity index (χ1v) is 10.8. The minimum Gasteiger partial charge on any atom is -0.493 e. The van der Waals surface area contributed by atoms with Crippen LogP contribution in [0.25, 0.3) is 6.08 Å². The van der Waals surface area contributed by atoms with Gasteiger partial charge in [0.05, 0.1) is 7.11 Å². The molecule has 1 N–H and O–H groups in total. The van der Waals surface area contributed by atoms with Crippen LogP contribution in [-0.4, -0.2) is 13.0 Å². The highest BCUT2D eigenvalue weighted by Crippen LogP contribution is 2.35. The van der Waals surface area contributed by atoms with E-state index in [4.69, 9.17) is 21.1 Å². The standard InChI is InChI=1S/C25H20BrClN2O3/c1-16-3-5-17(6-4-16)15-32-24-13-22(26)18(12-23(24)31-2)11-19(14-28)25(30)29-21-9-7-20(27)8-10-21/h3-13H,15H2,1-2H3,(H,29,30)/b19-11-. The molecule has 3 aromatic carbocycles. The van der Waals surface area contributed by atoms with Crippen molar-refractivity contribution >= 4 is 45.2 Å². The first kappa shape index (κ1) is 23.4. The Bertz CT molecular complexity index is 1180. The number of aryl methyl sites for hydroxylation is 1. The molecular formula is C25H20BrClN2O3. The molecule has 1 amide bonds. The van der Waals surface area contributed by atoms with Gasteiger partial charge in [-0.2, -0.15) is 5.26 Å². The van der Waals surface area contributed by atoms with Crippen LogP contribution in [0.2, 0.25) is 5.02 Å². The number of hydrogen-bond donors (Lipinski definition) is 1. The highest BCUT2D eigenvalue weighted by atomic mass is 79.9. The van der Waals surface area contributed by atoms with Crippen LogP contribution < -0.4 is 14.8 Å². The predicted octanol–water partition coefficient (Wildman–Crippen LogP) is 6.54. The molecule has 7 heteroatoms. The van der Waals surface area contributed by atoms with E-state index in [1.54, 1.807) is 36.4 Å². The SMILES string of the molecule is COc1cc(/C=C(/C#N)C(=O)Nc2ccc(Cl)cc2)c(Br)cc1OCc1ccc(C)cc1. The molecule has 162 valence electrons. The summed E-state index contributed by atoms with van der Waals surface area (Å²) >= 11 is 9.36. The quantitative estimate of drug-likeness (QED) is 0.289. The van der Waals surface area contributed by atoms with Crippen molar-refractivity contribution in [3.63, 3.8) is 0 Å². The fourth-order valence-corrected chi connectivity index (χ4v) is 3.38. The van der Waals surface area contributed by atoms with Gasteiger partial charge in [0.2, 0.25) is 0 Å². The summed E-state index contributed by atoms with van der Waals surface area (Å²) in [5, 5.41) is 12.7. The van der Waals surface area contributed by atoms with E-state index in [1.165, 1.54) is 18.7 Å². The van der Waals surface area contributed by atoms with Crippen LogP contribution in [0.4, 0.5) is 5.69 Å². The third kappa shape index (κ3) is 6.13. The van der Waals surface area contributed by atoms with E-state index in [0.29, 0.717) is 38.9 Å². The maximum Gasteiger partial charge on any atom is 0.266 e. The molecule has 0 aromatic heterocycles. The van der Waals surface area contributed by atoms with Crippen molar-refractivity contribution in [1.82, 2.24) is 0 Å². The zero-order valence-corrected chi connectivity index (χ0v) is 19.8. The Balaban J connectivity index is 1.80. The minimum absolute atomic E-state index is 0.0592. The Hall–Kier alpha value is -3.27. The smallest absolute Gasteiger partial charge is 0.266 e. The number of halogens is 2. The lowest BCUT2D eigenvalue weighted by Crippen LogP contribution is -2.13. The van der Waals surface area contributed by atoms with Crippen LogP contribution in [0.3, 0.4) is 0 Å². The maximum absolute atomic E-state index is 12.5. The highest BCUT2D eigenvalue weighted by Gasteiger charge is 2.14. The normalized spacial score (nSPS) is 10.9. The van der Waals surface area contributed by atoms with Gasteiger partial charge in [-0.05, 0) is 60.5 Å². The minimum atomic E-state index is -0.527. The molecular weight excluding hydrogens is 492 g/mol. The van der Waals surface area contributed by atoms with E-state index < -0.39 is 5.91 Å². The summed E-state index contributed by atoms with van der Waals surface area (Å²) < 4.78 is 12.0. The number of benzene rings is 3. The number of anilines is 1. The van der Waals surface area contributed by atoms with Crippen LogP contribution in [0.1, 0.15) is 16.7 Å². The number of amides is 1. The lowest BCUT2D eigenvalue weighted by Gasteiger charge is -2.13. The summed E-state index contributed by atoms with van der Waals surface area (Å²) in [5.41, 5.74) is 3.29. The van der Waals surface area contributed by atoms with Gasteiger partial charge in [0.15, 0.2) is 11.5 Å². The topological polar surface area (TPSA) is 71.3 Å². The van der Waals surface area contributed by atoms with Crippen molar-refractivity contribution in [2.75, 3.05) is 12.4 Å². The first-order chi connectivity index (χ1) is 15.4. The Kier molecular flexibility index (Phi) is 7.93. The van der Waals surface area contributed by atoms with Crippen molar-refractivity contribution in [3.8, 4) is 17.6 Å². The van der Waals surface area contributed by atoms with Crippen LogP contribution in [0, 0.1) is 18.3 Å². The summed E-state index contributed by atoms with van der Waals surface area (Å²) in [5.74, 6) is 0.503. The number of methoxy groups -OCH3 is 1. The van der Waals surface area contributed by atoms with E-state index in [9.17, 15) is 10.1 Å². The highest BCUT2D eigenvalue weighted by molar-refractivity contribution is 9.10. The van der Waals surface area contributed by atoms with E-state index in [0.717, 1.165) is 5.56 Å². The average Bonchev–Trinajstić information content (AvgIpc) is 2.79. The van der Waals surface area contributed by atoms with Crippen molar-refractivity contribution in [1.29, 1.82) is 5.26 Å². The Morgan fingerprint density at radius 3 is 2.44 bits per heavy atom. The summed E-state index contributed by atoms with van der Waals surface area (Å²) in [7, 11) is 1.54. The van der Waals surface area contributed by atoms with Crippen molar-refractivity contribution in [2.45, 2.75) is 13.5 Å². The number of nitrogens with zero attached hydrogens (tertiary/aromatic N) is 1. The van der Waals surface area contributed by atoms with E-state index in [1.807, 2.05) is 37.3 Å². The zero-order chi connectivity index (χ0) is 23.1. The molecule has 0 atom stereocenters. The molecule has 0 spiro atoms. The van der Waals surface area contributed by atoms with Gasteiger partial charge in [0.25, 0.3) is 5.91 Å². The fraction of sp³-hybridized carbons (Fsp3) is 0.120. The molecule has 0 aliphatic rings. The average molecular weight is 512 g/mol. The van der Waals surface area contributed by atoms with Gasteiger partial charge < -0.3 is 14.8 Å².